The minimum Gasteiger partial charge on any atom is -0.322 e. The quantitative estimate of drug-likeness (QED) is 0.698. The minimum atomic E-state index is 0.0311. The van der Waals surface area contributed by atoms with Crippen LogP contribution in [0.4, 0.5) is 5.69 Å². The second-order valence-electron chi connectivity index (χ2n) is 7.05. The Morgan fingerprint density at radius 3 is 2.54 bits per heavy atom. The molecule has 0 spiro atoms. The summed E-state index contributed by atoms with van der Waals surface area (Å²) >= 11 is 1.71. The van der Waals surface area contributed by atoms with Crippen molar-refractivity contribution in [3.8, 4) is 0 Å². The van der Waals surface area contributed by atoms with Gasteiger partial charge in [0.25, 0.3) is 5.91 Å². The molecule has 0 saturated carbocycles. The molecule has 0 saturated heterocycles. The van der Waals surface area contributed by atoms with Crippen LogP contribution in [0.5, 0.6) is 0 Å². The van der Waals surface area contributed by atoms with Gasteiger partial charge in [0.2, 0.25) is 0 Å². The highest BCUT2D eigenvalue weighted by molar-refractivity contribution is 7.18. The Bertz CT molecular complexity index is 870. The smallest absolute Gasteiger partial charge is 0.279 e. The Labute approximate surface area is 158 Å². The van der Waals surface area contributed by atoms with Crippen molar-refractivity contribution in [1.82, 2.24) is 4.98 Å². The molecule has 0 fully saturated rings. The van der Waals surface area contributed by atoms with Crippen molar-refractivity contribution >= 4 is 33.1 Å². The molecule has 0 aliphatic heterocycles. The van der Waals surface area contributed by atoms with Gasteiger partial charge in [-0.15, -0.1) is 11.3 Å². The van der Waals surface area contributed by atoms with E-state index < -0.39 is 0 Å². The summed E-state index contributed by atoms with van der Waals surface area (Å²) in [4.78, 5) is 18.4. The lowest BCUT2D eigenvalue weighted by atomic mass is 10.0. The lowest BCUT2D eigenvalue weighted by Gasteiger charge is -2.20. The zero-order chi connectivity index (χ0) is 18.7. The van der Waals surface area contributed by atoms with Crippen molar-refractivity contribution in [1.29, 1.82) is 0 Å². The third kappa shape index (κ3) is 4.11. The molecular formula is C21H26N3OS+. The fourth-order valence-electron chi connectivity index (χ4n) is 3.00. The Balaban J connectivity index is 1.67. The first kappa shape index (κ1) is 18.5. The minimum absolute atomic E-state index is 0.0311. The van der Waals surface area contributed by atoms with Gasteiger partial charge in [-0.2, -0.15) is 0 Å². The lowest BCUT2D eigenvalue weighted by Crippen LogP contribution is -3.10. The van der Waals surface area contributed by atoms with Crippen LogP contribution in [0.1, 0.15) is 43.3 Å². The normalized spacial score (nSPS) is 13.7. The average molecular weight is 369 g/mol. The maximum Gasteiger partial charge on any atom is 0.279 e. The molecule has 0 bridgehead atoms. The van der Waals surface area contributed by atoms with Crippen LogP contribution in [-0.2, 0) is 4.79 Å². The number of thiazole rings is 1. The SMILES string of the molecule is CC(C)c1ccccc1NC(=O)C[NH+](C)[C@@H](C)c1nc2ccccc2s1. The molecule has 4 nitrogen and oxygen atoms in total. The van der Waals surface area contributed by atoms with E-state index in [2.05, 4.69) is 38.2 Å². The highest BCUT2D eigenvalue weighted by Gasteiger charge is 2.22. The van der Waals surface area contributed by atoms with Crippen LogP contribution in [0.2, 0.25) is 0 Å². The van der Waals surface area contributed by atoms with E-state index in [4.69, 9.17) is 4.98 Å². The van der Waals surface area contributed by atoms with E-state index in [0.717, 1.165) is 26.7 Å². The molecule has 2 aromatic carbocycles. The summed E-state index contributed by atoms with van der Waals surface area (Å²) in [5, 5.41) is 4.15. The third-order valence-corrected chi connectivity index (χ3v) is 5.94. The number of fused-ring (bicyclic) bond motifs is 1. The molecule has 1 amide bonds. The van der Waals surface area contributed by atoms with Crippen molar-refractivity contribution in [2.45, 2.75) is 32.7 Å². The summed E-state index contributed by atoms with van der Waals surface area (Å²) in [6.07, 6.45) is 0. The molecule has 1 aromatic heterocycles. The van der Waals surface area contributed by atoms with E-state index in [1.54, 1.807) is 11.3 Å². The predicted octanol–water partition coefficient (Wildman–Crippen LogP) is 3.63. The summed E-state index contributed by atoms with van der Waals surface area (Å²) in [7, 11) is 2.05. The number of rotatable bonds is 6. The summed E-state index contributed by atoms with van der Waals surface area (Å²) < 4.78 is 1.19. The lowest BCUT2D eigenvalue weighted by molar-refractivity contribution is -0.902. The molecule has 0 radical (unpaired) electrons. The Morgan fingerprint density at radius 2 is 1.81 bits per heavy atom. The van der Waals surface area contributed by atoms with Gasteiger partial charge in [0.15, 0.2) is 11.6 Å². The molecule has 26 heavy (non-hydrogen) atoms. The molecule has 0 aliphatic carbocycles. The van der Waals surface area contributed by atoms with Gasteiger partial charge in [-0.1, -0.05) is 44.2 Å². The fourth-order valence-corrected chi connectivity index (χ4v) is 4.11. The van der Waals surface area contributed by atoms with E-state index in [-0.39, 0.29) is 11.9 Å². The van der Waals surface area contributed by atoms with Gasteiger partial charge in [0, 0.05) is 5.69 Å². The molecule has 1 unspecified atom stereocenters. The number of aromatic nitrogens is 1. The second-order valence-corrected chi connectivity index (χ2v) is 8.12. The summed E-state index contributed by atoms with van der Waals surface area (Å²) in [5.41, 5.74) is 3.10. The van der Waals surface area contributed by atoms with Gasteiger partial charge in [0.1, 0.15) is 6.04 Å². The van der Waals surface area contributed by atoms with Gasteiger partial charge >= 0.3 is 0 Å². The van der Waals surface area contributed by atoms with E-state index in [1.165, 1.54) is 4.70 Å². The number of anilines is 1. The second kappa shape index (κ2) is 7.98. The molecule has 2 atom stereocenters. The number of benzene rings is 2. The number of quaternary nitrogens is 1. The number of likely N-dealkylation sites (N-methyl/N-ethyl adjacent to an activating group) is 1. The van der Waals surface area contributed by atoms with Crippen LogP contribution in [-0.4, -0.2) is 24.5 Å². The Hall–Kier alpha value is -2.24. The molecule has 1 heterocycles. The monoisotopic (exact) mass is 368 g/mol. The van der Waals surface area contributed by atoms with E-state index in [0.29, 0.717) is 12.5 Å². The van der Waals surface area contributed by atoms with Crippen LogP contribution < -0.4 is 10.2 Å². The van der Waals surface area contributed by atoms with Crippen LogP contribution in [0.3, 0.4) is 0 Å². The number of carbonyl (C=O) groups excluding carboxylic acids is 1. The number of para-hydroxylation sites is 2. The Morgan fingerprint density at radius 1 is 1.12 bits per heavy atom. The van der Waals surface area contributed by atoms with E-state index in [9.17, 15) is 4.79 Å². The molecule has 2 N–H and O–H groups in total. The molecule has 136 valence electrons. The number of nitrogens with one attached hydrogen (secondary N) is 2. The van der Waals surface area contributed by atoms with E-state index in [1.807, 2.05) is 43.4 Å². The zero-order valence-electron chi connectivity index (χ0n) is 15.7. The van der Waals surface area contributed by atoms with Gasteiger partial charge in [0.05, 0.1) is 17.3 Å². The fraction of sp³-hybridized carbons (Fsp3) is 0.333. The van der Waals surface area contributed by atoms with Gasteiger partial charge in [-0.25, -0.2) is 4.98 Å². The first-order chi connectivity index (χ1) is 12.5. The summed E-state index contributed by atoms with van der Waals surface area (Å²) in [6.45, 7) is 6.81. The Kier molecular flexibility index (Phi) is 5.69. The molecule has 5 heteroatoms. The average Bonchev–Trinajstić information content (AvgIpc) is 3.05. The molecule has 0 aliphatic rings. The number of amides is 1. The number of hydrogen-bond acceptors (Lipinski definition) is 3. The van der Waals surface area contributed by atoms with Crippen molar-refractivity contribution in [2.24, 2.45) is 0 Å². The largest absolute Gasteiger partial charge is 0.322 e. The number of nitrogens with zero attached hydrogens (tertiary/aromatic N) is 1. The number of carbonyl (C=O) groups is 1. The van der Waals surface area contributed by atoms with Crippen LogP contribution in [0.15, 0.2) is 48.5 Å². The molecule has 3 aromatic rings. The van der Waals surface area contributed by atoms with E-state index >= 15 is 0 Å². The molecule has 3 rings (SSSR count). The standard InChI is InChI=1S/C21H25N3OS/c1-14(2)16-9-5-6-10-17(16)22-20(25)13-24(4)15(3)21-23-18-11-7-8-12-19(18)26-21/h5-12,14-15H,13H2,1-4H3,(H,22,25)/p+1/t15-/m0/s1. The topological polar surface area (TPSA) is 46.4 Å². The summed E-state index contributed by atoms with van der Waals surface area (Å²) in [5.74, 6) is 0.404. The third-order valence-electron chi connectivity index (χ3n) is 4.72. The number of hydrogen-bond donors (Lipinski definition) is 2. The van der Waals surface area contributed by atoms with Gasteiger partial charge < -0.3 is 10.2 Å². The maximum absolute atomic E-state index is 12.6. The van der Waals surface area contributed by atoms with Crippen LogP contribution in [0, 0.1) is 0 Å². The van der Waals surface area contributed by atoms with Crippen molar-refractivity contribution in [3.05, 3.63) is 59.1 Å². The van der Waals surface area contributed by atoms with Crippen molar-refractivity contribution < 1.29 is 9.69 Å². The zero-order valence-corrected chi connectivity index (χ0v) is 16.6. The maximum atomic E-state index is 12.6. The summed E-state index contributed by atoms with van der Waals surface area (Å²) in [6, 6.07) is 16.3. The highest BCUT2D eigenvalue weighted by atomic mass is 32.1. The molecular weight excluding hydrogens is 342 g/mol. The van der Waals surface area contributed by atoms with Crippen LogP contribution in [0.25, 0.3) is 10.2 Å². The first-order valence-electron chi connectivity index (χ1n) is 9.02. The van der Waals surface area contributed by atoms with Gasteiger partial charge in [-0.3, -0.25) is 4.79 Å². The first-order valence-corrected chi connectivity index (χ1v) is 9.84. The van der Waals surface area contributed by atoms with Crippen LogP contribution >= 0.6 is 11.3 Å². The van der Waals surface area contributed by atoms with Gasteiger partial charge in [-0.05, 0) is 36.6 Å². The highest BCUT2D eigenvalue weighted by Crippen LogP contribution is 2.25. The van der Waals surface area contributed by atoms with Crippen molar-refractivity contribution in [2.75, 3.05) is 18.9 Å². The predicted molar refractivity (Wildman–Crippen MR) is 109 cm³/mol. The van der Waals surface area contributed by atoms with Crippen molar-refractivity contribution in [3.63, 3.8) is 0 Å².